The molecule has 1 aliphatic carbocycles. The number of carbonyl (C=O) groups excluding carboxylic acids is 1. The van der Waals surface area contributed by atoms with Crippen LogP contribution in [-0.4, -0.2) is 32.5 Å². The van der Waals surface area contributed by atoms with E-state index in [4.69, 9.17) is 14.2 Å². The number of rotatable bonds is 5. The van der Waals surface area contributed by atoms with Gasteiger partial charge in [-0.2, -0.15) is 4.99 Å². The highest BCUT2D eigenvalue weighted by molar-refractivity contribution is 5.47. The van der Waals surface area contributed by atoms with Crippen LogP contribution >= 0.6 is 0 Å². The molecule has 1 saturated carbocycles. The van der Waals surface area contributed by atoms with Crippen LogP contribution in [0.2, 0.25) is 0 Å². The fourth-order valence-corrected chi connectivity index (χ4v) is 3.10. The normalized spacial score (nSPS) is 23.0. The molecule has 22 heavy (non-hydrogen) atoms. The molecule has 2 fully saturated rings. The second-order valence-electron chi connectivity index (χ2n) is 5.91. The molecule has 1 atom stereocenters. The highest BCUT2D eigenvalue weighted by Gasteiger charge is 2.39. The van der Waals surface area contributed by atoms with Gasteiger partial charge in [-0.1, -0.05) is 6.07 Å². The van der Waals surface area contributed by atoms with E-state index in [0.717, 1.165) is 44.3 Å². The first-order chi connectivity index (χ1) is 10.8. The quantitative estimate of drug-likeness (QED) is 0.620. The van der Waals surface area contributed by atoms with Gasteiger partial charge in [0.1, 0.15) is 6.10 Å². The van der Waals surface area contributed by atoms with Gasteiger partial charge in [-0.05, 0) is 49.8 Å². The number of aliphatic imine (C=N–C) groups is 1. The monoisotopic (exact) mass is 303 g/mol. The predicted octanol–water partition coefficient (Wildman–Crippen LogP) is 2.97. The fourth-order valence-electron chi connectivity index (χ4n) is 3.10. The summed E-state index contributed by atoms with van der Waals surface area (Å²) in [6.45, 7) is 1.42. The fraction of sp³-hybridized carbons (Fsp3) is 0.588. The summed E-state index contributed by atoms with van der Waals surface area (Å²) in [5.41, 5.74) is 0.577. The standard InChI is InChI=1S/C17H21NO4/c1-20-16-10-13(17(18-12-19)7-3-8-17)5-6-15(16)22-14-4-2-9-21-11-14/h5-6,10,14H,2-4,7-9,11H2,1H3. The van der Waals surface area contributed by atoms with Crippen LogP contribution in [0.4, 0.5) is 0 Å². The average Bonchev–Trinajstić information content (AvgIpc) is 2.52. The summed E-state index contributed by atoms with van der Waals surface area (Å²) in [7, 11) is 1.62. The van der Waals surface area contributed by atoms with Crippen LogP contribution in [-0.2, 0) is 15.1 Å². The lowest BCUT2D eigenvalue weighted by Crippen LogP contribution is -2.32. The predicted molar refractivity (Wildman–Crippen MR) is 81.1 cm³/mol. The van der Waals surface area contributed by atoms with Crippen LogP contribution in [0.25, 0.3) is 0 Å². The molecule has 0 spiro atoms. The van der Waals surface area contributed by atoms with Gasteiger partial charge in [0.25, 0.3) is 0 Å². The van der Waals surface area contributed by atoms with Crippen LogP contribution in [0.3, 0.4) is 0 Å². The second kappa shape index (κ2) is 6.51. The summed E-state index contributed by atoms with van der Waals surface area (Å²) in [5, 5.41) is 0. The van der Waals surface area contributed by atoms with Gasteiger partial charge >= 0.3 is 0 Å². The lowest BCUT2D eigenvalue weighted by molar-refractivity contribution is 0.00641. The molecule has 5 heteroatoms. The number of benzene rings is 1. The molecule has 1 saturated heterocycles. The van der Waals surface area contributed by atoms with Gasteiger partial charge < -0.3 is 14.2 Å². The Morgan fingerprint density at radius 2 is 2.18 bits per heavy atom. The Morgan fingerprint density at radius 3 is 2.77 bits per heavy atom. The molecule has 5 nitrogen and oxygen atoms in total. The summed E-state index contributed by atoms with van der Waals surface area (Å²) in [6, 6.07) is 5.81. The molecule has 1 heterocycles. The lowest BCUT2D eigenvalue weighted by Gasteiger charge is -2.37. The molecule has 3 rings (SSSR count). The minimum atomic E-state index is -0.415. The van der Waals surface area contributed by atoms with Crippen molar-refractivity contribution >= 4 is 6.08 Å². The molecule has 0 bridgehead atoms. The minimum absolute atomic E-state index is 0.0687. The van der Waals surface area contributed by atoms with Gasteiger partial charge in [0.05, 0.1) is 19.3 Å². The van der Waals surface area contributed by atoms with Crippen LogP contribution in [0.15, 0.2) is 23.2 Å². The largest absolute Gasteiger partial charge is 0.493 e. The molecule has 1 aliphatic heterocycles. The van der Waals surface area contributed by atoms with E-state index in [0.29, 0.717) is 18.1 Å². The smallest absolute Gasteiger partial charge is 0.235 e. The minimum Gasteiger partial charge on any atom is -0.493 e. The third-order valence-corrected chi connectivity index (χ3v) is 4.55. The van der Waals surface area contributed by atoms with Crippen LogP contribution in [0.1, 0.15) is 37.7 Å². The second-order valence-corrected chi connectivity index (χ2v) is 5.91. The van der Waals surface area contributed by atoms with Crippen LogP contribution in [0, 0.1) is 0 Å². The van der Waals surface area contributed by atoms with E-state index in [-0.39, 0.29) is 6.10 Å². The van der Waals surface area contributed by atoms with Gasteiger partial charge in [0, 0.05) is 6.61 Å². The van der Waals surface area contributed by atoms with E-state index in [1.807, 2.05) is 18.2 Å². The first kappa shape index (κ1) is 15.1. The molecule has 0 amide bonds. The van der Waals surface area contributed by atoms with Crippen molar-refractivity contribution in [1.29, 1.82) is 0 Å². The topological polar surface area (TPSA) is 57.1 Å². The number of hydrogen-bond acceptors (Lipinski definition) is 5. The molecule has 0 aromatic heterocycles. The van der Waals surface area contributed by atoms with E-state index in [1.54, 1.807) is 13.2 Å². The molecule has 0 radical (unpaired) electrons. The van der Waals surface area contributed by atoms with Crippen LogP contribution in [0.5, 0.6) is 11.5 Å². The molecular weight excluding hydrogens is 282 g/mol. The zero-order valence-corrected chi connectivity index (χ0v) is 12.8. The molecule has 0 N–H and O–H groups in total. The zero-order valence-electron chi connectivity index (χ0n) is 12.8. The molecule has 1 aromatic rings. The maximum atomic E-state index is 10.7. The van der Waals surface area contributed by atoms with Gasteiger partial charge in [-0.25, -0.2) is 4.79 Å². The van der Waals surface area contributed by atoms with Crippen molar-refractivity contribution < 1.29 is 19.0 Å². The Hall–Kier alpha value is -1.84. The third kappa shape index (κ3) is 2.87. The highest BCUT2D eigenvalue weighted by atomic mass is 16.5. The number of nitrogens with zero attached hydrogens (tertiary/aromatic N) is 1. The zero-order chi connectivity index (χ0) is 15.4. The van der Waals surface area contributed by atoms with Crippen molar-refractivity contribution in [1.82, 2.24) is 0 Å². The maximum Gasteiger partial charge on any atom is 0.235 e. The van der Waals surface area contributed by atoms with Crippen molar-refractivity contribution in [2.24, 2.45) is 4.99 Å². The Kier molecular flexibility index (Phi) is 4.46. The van der Waals surface area contributed by atoms with Gasteiger partial charge in [0.15, 0.2) is 11.5 Å². The molecule has 2 aliphatic rings. The van der Waals surface area contributed by atoms with Gasteiger partial charge in [0.2, 0.25) is 6.08 Å². The summed E-state index contributed by atoms with van der Waals surface area (Å²) in [4.78, 5) is 14.7. The summed E-state index contributed by atoms with van der Waals surface area (Å²) < 4.78 is 16.9. The average molecular weight is 303 g/mol. The van der Waals surface area contributed by atoms with E-state index < -0.39 is 5.54 Å². The Bertz CT molecular complexity index is 570. The van der Waals surface area contributed by atoms with E-state index >= 15 is 0 Å². The van der Waals surface area contributed by atoms with Crippen molar-refractivity contribution in [2.45, 2.75) is 43.7 Å². The molecule has 118 valence electrons. The van der Waals surface area contributed by atoms with Crippen molar-refractivity contribution in [3.63, 3.8) is 0 Å². The third-order valence-electron chi connectivity index (χ3n) is 4.55. The van der Waals surface area contributed by atoms with E-state index in [1.165, 1.54) is 0 Å². The van der Waals surface area contributed by atoms with Gasteiger partial charge in [-0.3, -0.25) is 0 Å². The van der Waals surface area contributed by atoms with Crippen LogP contribution < -0.4 is 9.47 Å². The van der Waals surface area contributed by atoms with Crippen molar-refractivity contribution in [3.8, 4) is 11.5 Å². The Balaban J connectivity index is 1.82. The van der Waals surface area contributed by atoms with Crippen molar-refractivity contribution in [3.05, 3.63) is 23.8 Å². The summed E-state index contributed by atoms with van der Waals surface area (Å²) in [5.74, 6) is 1.39. The molecule has 1 unspecified atom stereocenters. The molecule has 1 aromatic carbocycles. The number of methoxy groups -OCH3 is 1. The SMILES string of the molecule is COc1cc(C2(N=C=O)CCC2)ccc1OC1CCCOC1. The molecular formula is C17H21NO4. The first-order valence-electron chi connectivity index (χ1n) is 7.79. The van der Waals surface area contributed by atoms with Crippen molar-refractivity contribution in [2.75, 3.05) is 20.3 Å². The number of isocyanates is 1. The summed E-state index contributed by atoms with van der Waals surface area (Å²) >= 11 is 0. The Morgan fingerprint density at radius 1 is 1.32 bits per heavy atom. The van der Waals surface area contributed by atoms with Gasteiger partial charge in [-0.15, -0.1) is 0 Å². The summed E-state index contributed by atoms with van der Waals surface area (Å²) in [6.07, 6.45) is 6.62. The number of hydrogen-bond donors (Lipinski definition) is 0. The van der Waals surface area contributed by atoms with E-state index in [9.17, 15) is 4.79 Å². The first-order valence-corrected chi connectivity index (χ1v) is 7.79. The van der Waals surface area contributed by atoms with E-state index in [2.05, 4.69) is 4.99 Å². The lowest BCUT2D eigenvalue weighted by atomic mass is 9.72. The maximum absolute atomic E-state index is 10.7. The Labute approximate surface area is 130 Å². The number of ether oxygens (including phenoxy) is 3. The highest BCUT2D eigenvalue weighted by Crippen LogP contribution is 2.46.